The number of ether oxygens (including phenoxy) is 1. The molecule has 1 aromatic heterocycles. The van der Waals surface area contributed by atoms with Gasteiger partial charge in [-0.15, -0.1) is 0 Å². The maximum Gasteiger partial charge on any atom is 0.133 e. The van der Waals surface area contributed by atoms with E-state index in [0.29, 0.717) is 24.7 Å². The fourth-order valence-electron chi connectivity index (χ4n) is 2.24. The maximum atomic E-state index is 11.6. The van der Waals surface area contributed by atoms with Crippen LogP contribution in [0.5, 0.6) is 0 Å². The number of Topliss-reactive ketones (excluding diaryl/α,β-unsaturated/α-hetero) is 1. The molecule has 0 aromatic carbocycles. The molecule has 2 heterocycles. The van der Waals surface area contributed by atoms with Crippen LogP contribution in [0.25, 0.3) is 0 Å². The maximum absolute atomic E-state index is 11.6. The van der Waals surface area contributed by atoms with Crippen molar-refractivity contribution in [1.82, 2.24) is 0 Å². The molecular weight excluding hydrogens is 216 g/mol. The first kappa shape index (κ1) is 12.4. The third-order valence-electron chi connectivity index (χ3n) is 3.24. The molecule has 2 rings (SSSR count). The smallest absolute Gasteiger partial charge is 0.133 e. The molecule has 0 saturated carbocycles. The third-order valence-corrected chi connectivity index (χ3v) is 3.24. The van der Waals surface area contributed by atoms with E-state index in [9.17, 15) is 4.79 Å². The summed E-state index contributed by atoms with van der Waals surface area (Å²) in [5, 5.41) is 0. The molecule has 1 fully saturated rings. The van der Waals surface area contributed by atoms with Gasteiger partial charge < -0.3 is 9.15 Å². The Labute approximate surface area is 102 Å². The Bertz CT molecular complexity index is 323. The van der Waals surface area contributed by atoms with Crippen molar-refractivity contribution < 1.29 is 13.9 Å². The largest absolute Gasteiger partial charge is 0.469 e. The zero-order valence-electron chi connectivity index (χ0n) is 10.2. The van der Waals surface area contributed by atoms with Crippen LogP contribution in [0.3, 0.4) is 0 Å². The second-order valence-corrected chi connectivity index (χ2v) is 4.65. The molecule has 1 aromatic rings. The van der Waals surface area contributed by atoms with Gasteiger partial charge in [0.05, 0.1) is 12.4 Å². The molecule has 1 aliphatic rings. The average molecular weight is 236 g/mol. The Morgan fingerprint density at radius 2 is 2.35 bits per heavy atom. The minimum atomic E-state index is 0.333. The molecular formula is C14H20O3. The van der Waals surface area contributed by atoms with Gasteiger partial charge in [-0.1, -0.05) is 0 Å². The van der Waals surface area contributed by atoms with E-state index < -0.39 is 0 Å². The summed E-state index contributed by atoms with van der Waals surface area (Å²) in [5.41, 5.74) is 0. The fourth-order valence-corrected chi connectivity index (χ4v) is 2.24. The molecule has 1 atom stereocenters. The van der Waals surface area contributed by atoms with Crippen molar-refractivity contribution in [2.24, 2.45) is 0 Å². The molecule has 1 aliphatic heterocycles. The van der Waals surface area contributed by atoms with Gasteiger partial charge in [-0.25, -0.2) is 0 Å². The van der Waals surface area contributed by atoms with Gasteiger partial charge in [0.15, 0.2) is 0 Å². The molecule has 0 aliphatic carbocycles. The van der Waals surface area contributed by atoms with E-state index in [1.165, 1.54) is 12.8 Å². The number of hydrogen-bond donors (Lipinski definition) is 0. The molecule has 3 heteroatoms. The van der Waals surface area contributed by atoms with Crippen molar-refractivity contribution in [3.05, 3.63) is 24.2 Å². The summed E-state index contributed by atoms with van der Waals surface area (Å²) in [6.07, 6.45) is 8.40. The van der Waals surface area contributed by atoms with Crippen LogP contribution in [0.1, 0.15) is 44.3 Å². The monoisotopic (exact) mass is 236 g/mol. The molecule has 0 N–H and O–H groups in total. The van der Waals surface area contributed by atoms with Crippen LogP contribution in [0, 0.1) is 0 Å². The zero-order valence-corrected chi connectivity index (χ0v) is 10.2. The lowest BCUT2D eigenvalue weighted by molar-refractivity contribution is -0.119. The summed E-state index contributed by atoms with van der Waals surface area (Å²) in [5.74, 6) is 1.23. The van der Waals surface area contributed by atoms with E-state index in [-0.39, 0.29) is 0 Å². The Kier molecular flexibility index (Phi) is 4.80. The summed E-state index contributed by atoms with van der Waals surface area (Å²) in [7, 11) is 0. The number of carbonyl (C=O) groups is 1. The summed E-state index contributed by atoms with van der Waals surface area (Å²) in [4.78, 5) is 11.6. The van der Waals surface area contributed by atoms with Crippen LogP contribution in [-0.4, -0.2) is 18.5 Å². The van der Waals surface area contributed by atoms with Gasteiger partial charge in [-0.3, -0.25) is 4.79 Å². The highest BCUT2D eigenvalue weighted by Crippen LogP contribution is 2.18. The van der Waals surface area contributed by atoms with Crippen LogP contribution >= 0.6 is 0 Å². The number of hydrogen-bond acceptors (Lipinski definition) is 3. The van der Waals surface area contributed by atoms with Gasteiger partial charge in [0.2, 0.25) is 0 Å². The predicted molar refractivity (Wildman–Crippen MR) is 64.9 cm³/mol. The van der Waals surface area contributed by atoms with Gasteiger partial charge in [0.1, 0.15) is 11.5 Å². The molecule has 0 radical (unpaired) electrons. The van der Waals surface area contributed by atoms with Crippen LogP contribution in [0.2, 0.25) is 0 Å². The lowest BCUT2D eigenvalue weighted by Gasteiger charge is -2.07. The number of ketones is 1. The van der Waals surface area contributed by atoms with Gasteiger partial charge in [0.25, 0.3) is 0 Å². The lowest BCUT2D eigenvalue weighted by atomic mass is 10.0. The molecule has 3 nitrogen and oxygen atoms in total. The zero-order chi connectivity index (χ0) is 11.9. The first-order valence-electron chi connectivity index (χ1n) is 6.50. The first-order valence-corrected chi connectivity index (χ1v) is 6.50. The van der Waals surface area contributed by atoms with Crippen molar-refractivity contribution in [1.29, 1.82) is 0 Å². The van der Waals surface area contributed by atoms with Crippen molar-refractivity contribution in [2.75, 3.05) is 6.61 Å². The average Bonchev–Trinajstić information content (AvgIpc) is 2.99. The highest BCUT2D eigenvalue weighted by atomic mass is 16.5. The summed E-state index contributed by atoms with van der Waals surface area (Å²) >= 11 is 0. The van der Waals surface area contributed by atoms with Crippen molar-refractivity contribution >= 4 is 5.78 Å². The van der Waals surface area contributed by atoms with Crippen molar-refractivity contribution in [2.45, 2.75) is 51.0 Å². The van der Waals surface area contributed by atoms with Gasteiger partial charge in [0, 0.05) is 25.9 Å². The normalized spacial score (nSPS) is 19.6. The van der Waals surface area contributed by atoms with Crippen LogP contribution < -0.4 is 0 Å². The molecule has 17 heavy (non-hydrogen) atoms. The predicted octanol–water partition coefficient (Wildman–Crippen LogP) is 3.13. The fraction of sp³-hybridized carbons (Fsp3) is 0.643. The van der Waals surface area contributed by atoms with Gasteiger partial charge in [-0.2, -0.15) is 0 Å². The SMILES string of the molecule is O=C(CCCC1CCCO1)CCc1ccco1. The van der Waals surface area contributed by atoms with Gasteiger partial charge >= 0.3 is 0 Å². The van der Waals surface area contributed by atoms with E-state index in [0.717, 1.165) is 31.6 Å². The Balaban J connectivity index is 1.54. The summed E-state index contributed by atoms with van der Waals surface area (Å²) in [6.45, 7) is 0.900. The number of carbonyl (C=O) groups excluding carboxylic acids is 1. The first-order chi connectivity index (χ1) is 8.34. The van der Waals surface area contributed by atoms with Crippen molar-refractivity contribution in [3.8, 4) is 0 Å². The standard InChI is InChI=1S/C14H20O3/c15-12(8-9-14-7-3-11-17-14)4-1-5-13-6-2-10-16-13/h3,7,11,13H,1-2,4-6,8-10H2. The quantitative estimate of drug-likeness (QED) is 0.730. The molecule has 0 bridgehead atoms. The highest BCUT2D eigenvalue weighted by Gasteiger charge is 2.15. The molecule has 0 amide bonds. The minimum absolute atomic E-state index is 0.333. The van der Waals surface area contributed by atoms with Crippen molar-refractivity contribution in [3.63, 3.8) is 0 Å². The van der Waals surface area contributed by atoms with E-state index in [1.807, 2.05) is 12.1 Å². The molecule has 1 saturated heterocycles. The van der Waals surface area contributed by atoms with Crippen LogP contribution in [-0.2, 0) is 16.0 Å². The summed E-state index contributed by atoms with van der Waals surface area (Å²) in [6, 6.07) is 3.77. The number of rotatable bonds is 7. The Morgan fingerprint density at radius 1 is 1.41 bits per heavy atom. The number of aryl methyl sites for hydroxylation is 1. The van der Waals surface area contributed by atoms with Crippen LogP contribution in [0.4, 0.5) is 0 Å². The van der Waals surface area contributed by atoms with E-state index in [1.54, 1.807) is 6.26 Å². The van der Waals surface area contributed by atoms with Crippen LogP contribution in [0.15, 0.2) is 22.8 Å². The summed E-state index contributed by atoms with van der Waals surface area (Å²) < 4.78 is 10.7. The molecule has 94 valence electrons. The number of furan rings is 1. The van der Waals surface area contributed by atoms with Gasteiger partial charge in [-0.05, 0) is 37.8 Å². The van der Waals surface area contributed by atoms with E-state index in [4.69, 9.17) is 9.15 Å². The van der Waals surface area contributed by atoms with E-state index >= 15 is 0 Å². The topological polar surface area (TPSA) is 39.4 Å². The second-order valence-electron chi connectivity index (χ2n) is 4.65. The Morgan fingerprint density at radius 3 is 3.06 bits per heavy atom. The molecule has 1 unspecified atom stereocenters. The minimum Gasteiger partial charge on any atom is -0.469 e. The third kappa shape index (κ3) is 4.35. The Hall–Kier alpha value is -1.09. The highest BCUT2D eigenvalue weighted by molar-refractivity contribution is 5.78. The lowest BCUT2D eigenvalue weighted by Crippen LogP contribution is -2.06. The molecule has 0 spiro atoms. The second kappa shape index (κ2) is 6.60. The van der Waals surface area contributed by atoms with E-state index in [2.05, 4.69) is 0 Å².